The third kappa shape index (κ3) is 1.52. The summed E-state index contributed by atoms with van der Waals surface area (Å²) in [6.45, 7) is 7.47. The molecule has 1 saturated carbocycles. The summed E-state index contributed by atoms with van der Waals surface area (Å²) in [6.07, 6.45) is 8.59. The minimum atomic E-state index is -0.939. The Bertz CT molecular complexity index is 210. The summed E-state index contributed by atoms with van der Waals surface area (Å²) in [4.78, 5) is 0. The zero-order valence-corrected chi connectivity index (χ0v) is 9.56. The Labute approximate surface area is 77.1 Å². The molecule has 0 radical (unpaired) electrons. The molecule has 2 atom stereocenters. The van der Waals surface area contributed by atoms with E-state index in [4.69, 9.17) is 0 Å². The first-order valence-corrected chi connectivity index (χ1v) is 8.77. The molecule has 12 heavy (non-hydrogen) atoms. The van der Waals surface area contributed by atoms with Crippen LogP contribution in [0.3, 0.4) is 0 Å². The van der Waals surface area contributed by atoms with Gasteiger partial charge in [0, 0.05) is 0 Å². The van der Waals surface area contributed by atoms with Crippen LogP contribution >= 0.6 is 0 Å². The van der Waals surface area contributed by atoms with Crippen LogP contribution in [0, 0.1) is 11.8 Å². The normalized spacial score (nSPS) is 35.1. The predicted octanol–water partition coefficient (Wildman–Crippen LogP) is 3.61. The number of hydrogen-bond acceptors (Lipinski definition) is 0. The van der Waals surface area contributed by atoms with Crippen LogP contribution in [0.1, 0.15) is 25.7 Å². The topological polar surface area (TPSA) is 0 Å². The molecule has 0 saturated heterocycles. The molecule has 2 bridgehead atoms. The van der Waals surface area contributed by atoms with Crippen LogP contribution in [0.25, 0.3) is 0 Å². The van der Waals surface area contributed by atoms with E-state index < -0.39 is 8.07 Å². The van der Waals surface area contributed by atoms with Crippen molar-refractivity contribution in [1.29, 1.82) is 0 Å². The van der Waals surface area contributed by atoms with Gasteiger partial charge in [0.25, 0.3) is 0 Å². The summed E-state index contributed by atoms with van der Waals surface area (Å²) in [7, 11) is -0.939. The lowest BCUT2D eigenvalue weighted by Crippen LogP contribution is -2.27. The van der Waals surface area contributed by atoms with Crippen molar-refractivity contribution in [3.8, 4) is 0 Å². The molecular weight excluding hydrogens is 160 g/mol. The van der Waals surface area contributed by atoms with E-state index in [-0.39, 0.29) is 0 Å². The average Bonchev–Trinajstić information content (AvgIpc) is 2.28. The molecule has 2 aliphatic carbocycles. The molecule has 68 valence electrons. The Morgan fingerprint density at radius 1 is 1.25 bits per heavy atom. The smallest absolute Gasteiger partial charge is 0.0720 e. The molecule has 2 aliphatic rings. The second-order valence-electron chi connectivity index (χ2n) is 5.59. The lowest BCUT2D eigenvalue weighted by Gasteiger charge is -2.28. The van der Waals surface area contributed by atoms with Crippen molar-refractivity contribution in [3.05, 3.63) is 11.3 Å². The standard InChI is InChI=1S/C11H20Si/c1-12(2,3)11-7-9-4-5-10(6-9)8-11/h7,9-10H,4-6,8H2,1-3H3. The van der Waals surface area contributed by atoms with Crippen molar-refractivity contribution >= 4 is 8.07 Å². The largest absolute Gasteiger partial charge is 0.0860 e. The molecule has 0 aromatic rings. The third-order valence-corrected chi connectivity index (χ3v) is 5.79. The van der Waals surface area contributed by atoms with E-state index in [9.17, 15) is 0 Å². The van der Waals surface area contributed by atoms with Crippen LogP contribution in [0.2, 0.25) is 19.6 Å². The highest BCUT2D eigenvalue weighted by Crippen LogP contribution is 2.43. The first-order valence-electron chi connectivity index (χ1n) is 5.27. The number of rotatable bonds is 1. The average molecular weight is 180 g/mol. The van der Waals surface area contributed by atoms with Gasteiger partial charge in [0.05, 0.1) is 8.07 Å². The number of allylic oxidation sites excluding steroid dienone is 2. The first-order chi connectivity index (χ1) is 5.55. The molecule has 0 amide bonds. The maximum absolute atomic E-state index is 2.63. The van der Waals surface area contributed by atoms with Gasteiger partial charge < -0.3 is 0 Å². The van der Waals surface area contributed by atoms with Crippen molar-refractivity contribution in [1.82, 2.24) is 0 Å². The second kappa shape index (κ2) is 2.73. The van der Waals surface area contributed by atoms with Crippen LogP contribution < -0.4 is 0 Å². The minimum absolute atomic E-state index is 0.939. The molecule has 0 aromatic carbocycles. The van der Waals surface area contributed by atoms with E-state index in [0.717, 1.165) is 11.8 Å². The summed E-state index contributed by atoms with van der Waals surface area (Å²) >= 11 is 0. The Morgan fingerprint density at radius 2 is 2.00 bits per heavy atom. The van der Waals surface area contributed by atoms with Crippen molar-refractivity contribution < 1.29 is 0 Å². The Balaban J connectivity index is 2.18. The maximum atomic E-state index is 2.63. The summed E-state index contributed by atoms with van der Waals surface area (Å²) in [5.41, 5.74) is 0. The zero-order chi connectivity index (χ0) is 8.77. The van der Waals surface area contributed by atoms with Gasteiger partial charge in [-0.3, -0.25) is 0 Å². The summed E-state index contributed by atoms with van der Waals surface area (Å²) < 4.78 is 0. The summed E-state index contributed by atoms with van der Waals surface area (Å²) in [6, 6.07) is 0. The lowest BCUT2D eigenvalue weighted by atomic mass is 9.95. The van der Waals surface area contributed by atoms with E-state index in [0.29, 0.717) is 0 Å². The number of fused-ring (bicyclic) bond motifs is 2. The quantitative estimate of drug-likeness (QED) is 0.541. The van der Waals surface area contributed by atoms with Crippen LogP contribution in [-0.4, -0.2) is 8.07 Å². The molecule has 1 fully saturated rings. The second-order valence-corrected chi connectivity index (χ2v) is 10.7. The van der Waals surface area contributed by atoms with Crippen LogP contribution in [-0.2, 0) is 0 Å². The van der Waals surface area contributed by atoms with Gasteiger partial charge in [0.2, 0.25) is 0 Å². The molecule has 0 aromatic heterocycles. The SMILES string of the molecule is C[Si](C)(C)C1=CC2CCC(C1)C2. The molecule has 0 spiro atoms. The van der Waals surface area contributed by atoms with Crippen molar-refractivity contribution in [2.75, 3.05) is 0 Å². The molecule has 0 aliphatic heterocycles. The van der Waals surface area contributed by atoms with Gasteiger partial charge in [-0.1, -0.05) is 30.9 Å². The lowest BCUT2D eigenvalue weighted by molar-refractivity contribution is 0.512. The van der Waals surface area contributed by atoms with E-state index in [2.05, 4.69) is 25.7 Å². The fourth-order valence-corrected chi connectivity index (χ4v) is 4.31. The van der Waals surface area contributed by atoms with Crippen molar-refractivity contribution in [2.45, 2.75) is 45.3 Å². The molecule has 0 heterocycles. The Morgan fingerprint density at radius 3 is 2.58 bits per heavy atom. The maximum Gasteiger partial charge on any atom is 0.0720 e. The first kappa shape index (κ1) is 8.55. The zero-order valence-electron chi connectivity index (χ0n) is 8.56. The van der Waals surface area contributed by atoms with E-state index in [1.807, 2.05) is 5.20 Å². The Kier molecular flexibility index (Phi) is 1.94. The van der Waals surface area contributed by atoms with Crippen LogP contribution in [0.15, 0.2) is 11.3 Å². The van der Waals surface area contributed by atoms with Crippen molar-refractivity contribution in [3.63, 3.8) is 0 Å². The molecule has 2 unspecified atom stereocenters. The summed E-state index contributed by atoms with van der Waals surface area (Å²) in [5.74, 6) is 2.05. The van der Waals surface area contributed by atoms with Gasteiger partial charge in [0.15, 0.2) is 0 Å². The van der Waals surface area contributed by atoms with Gasteiger partial charge in [-0.15, -0.1) is 0 Å². The minimum Gasteiger partial charge on any atom is -0.0860 e. The van der Waals surface area contributed by atoms with Crippen LogP contribution in [0.4, 0.5) is 0 Å². The third-order valence-electron chi connectivity index (χ3n) is 3.49. The summed E-state index contributed by atoms with van der Waals surface area (Å²) in [5, 5.41) is 1.86. The van der Waals surface area contributed by atoms with E-state index >= 15 is 0 Å². The molecule has 2 rings (SSSR count). The van der Waals surface area contributed by atoms with E-state index in [1.54, 1.807) is 0 Å². The Hall–Kier alpha value is -0.0431. The molecule has 0 N–H and O–H groups in total. The highest BCUT2D eigenvalue weighted by Gasteiger charge is 2.32. The molecule has 0 nitrogen and oxygen atoms in total. The molecule has 1 heteroatoms. The predicted molar refractivity (Wildman–Crippen MR) is 56.9 cm³/mol. The fourth-order valence-electron chi connectivity index (χ4n) is 2.67. The number of hydrogen-bond donors (Lipinski definition) is 0. The van der Waals surface area contributed by atoms with Crippen LogP contribution in [0.5, 0.6) is 0 Å². The molecular formula is C11H20Si. The van der Waals surface area contributed by atoms with Gasteiger partial charge in [-0.2, -0.15) is 0 Å². The monoisotopic (exact) mass is 180 g/mol. The fraction of sp³-hybridized carbons (Fsp3) is 0.818. The van der Waals surface area contributed by atoms with Crippen molar-refractivity contribution in [2.24, 2.45) is 11.8 Å². The van der Waals surface area contributed by atoms with Gasteiger partial charge in [0.1, 0.15) is 0 Å². The highest BCUT2D eigenvalue weighted by atomic mass is 28.3. The van der Waals surface area contributed by atoms with E-state index in [1.165, 1.54) is 25.7 Å². The van der Waals surface area contributed by atoms with Gasteiger partial charge in [-0.05, 0) is 37.5 Å². The van der Waals surface area contributed by atoms with Gasteiger partial charge >= 0.3 is 0 Å². The highest BCUT2D eigenvalue weighted by molar-refractivity contribution is 6.83. The van der Waals surface area contributed by atoms with Gasteiger partial charge in [-0.25, -0.2) is 0 Å².